The van der Waals surface area contributed by atoms with Gasteiger partial charge >= 0.3 is 0 Å². The lowest BCUT2D eigenvalue weighted by Crippen LogP contribution is -2.22. The largest absolute Gasteiger partial charge is 0.507 e. The van der Waals surface area contributed by atoms with Crippen LogP contribution in [0.4, 0.5) is 11.5 Å². The van der Waals surface area contributed by atoms with Gasteiger partial charge in [0.2, 0.25) is 11.6 Å². The Morgan fingerprint density at radius 2 is 2.26 bits per heavy atom. The molecule has 0 bridgehead atoms. The van der Waals surface area contributed by atoms with E-state index >= 15 is 0 Å². The van der Waals surface area contributed by atoms with E-state index in [-0.39, 0.29) is 40.0 Å². The molecule has 0 aliphatic heterocycles. The number of aromatic hydroxyl groups is 1. The number of aryl methyl sites for hydroxylation is 1. The predicted molar refractivity (Wildman–Crippen MR) is 88.2 cm³/mol. The van der Waals surface area contributed by atoms with Crippen LogP contribution in [0.2, 0.25) is 0 Å². The number of non-ortho nitro benzene ring substituents is 1. The van der Waals surface area contributed by atoms with Crippen LogP contribution in [0.3, 0.4) is 0 Å². The molecule has 0 spiro atoms. The molecular weight excluding hydrogens is 362 g/mol. The molecule has 138 valence electrons. The van der Waals surface area contributed by atoms with Crippen LogP contribution in [-0.2, 0) is 0 Å². The van der Waals surface area contributed by atoms with Gasteiger partial charge in [0.1, 0.15) is 5.75 Å². The van der Waals surface area contributed by atoms with E-state index in [1.165, 1.54) is 6.92 Å². The lowest BCUT2D eigenvalue weighted by molar-refractivity contribution is -0.384. The van der Waals surface area contributed by atoms with Crippen molar-refractivity contribution >= 4 is 23.6 Å². The van der Waals surface area contributed by atoms with Crippen LogP contribution in [0.1, 0.15) is 21.7 Å². The number of benzene rings is 1. The number of carbonyl (C=O) groups is 1. The molecule has 3 aromatic rings. The molecule has 0 aliphatic carbocycles. The van der Waals surface area contributed by atoms with Gasteiger partial charge in [0.05, 0.1) is 16.8 Å². The molecule has 1 aromatic carbocycles. The molecule has 2 heterocycles. The topological polar surface area (TPSA) is 200 Å². The van der Waals surface area contributed by atoms with E-state index in [1.807, 2.05) is 0 Å². The molecule has 0 saturated heterocycles. The zero-order valence-electron chi connectivity index (χ0n) is 13.6. The zero-order valence-corrected chi connectivity index (χ0v) is 13.6. The highest BCUT2D eigenvalue weighted by Crippen LogP contribution is 2.21. The van der Waals surface area contributed by atoms with E-state index < -0.39 is 10.8 Å². The summed E-state index contributed by atoms with van der Waals surface area (Å²) in [5.41, 5.74) is 7.80. The fourth-order valence-corrected chi connectivity index (χ4v) is 2.08. The van der Waals surface area contributed by atoms with Crippen molar-refractivity contribution in [2.45, 2.75) is 6.92 Å². The van der Waals surface area contributed by atoms with Crippen LogP contribution in [-0.4, -0.2) is 47.5 Å². The Labute approximate surface area is 149 Å². The van der Waals surface area contributed by atoms with Crippen molar-refractivity contribution in [3.63, 3.8) is 0 Å². The first-order valence-corrected chi connectivity index (χ1v) is 7.20. The second-order valence-electron chi connectivity index (χ2n) is 5.11. The molecule has 1 amide bonds. The van der Waals surface area contributed by atoms with E-state index in [9.17, 15) is 20.0 Å². The number of nitro groups is 1. The number of phenolic OH excluding ortho intramolecular Hbond substituents is 1. The lowest BCUT2D eigenvalue weighted by Gasteiger charge is -2.03. The van der Waals surface area contributed by atoms with E-state index in [0.717, 1.165) is 29.1 Å². The minimum atomic E-state index is -0.721. The Kier molecular flexibility index (Phi) is 4.44. The molecule has 0 radical (unpaired) electrons. The van der Waals surface area contributed by atoms with Crippen molar-refractivity contribution in [1.29, 1.82) is 0 Å². The number of hydrogen-bond acceptors (Lipinski definition) is 11. The van der Waals surface area contributed by atoms with Gasteiger partial charge in [-0.3, -0.25) is 14.9 Å². The number of hydrogen-bond donors (Lipinski definition) is 3. The number of nitrogens with two attached hydrogens (primary N) is 1. The molecule has 14 heteroatoms. The first-order valence-electron chi connectivity index (χ1n) is 7.20. The monoisotopic (exact) mass is 373 g/mol. The normalized spacial score (nSPS) is 11.0. The van der Waals surface area contributed by atoms with Crippen molar-refractivity contribution in [3.8, 4) is 11.6 Å². The molecule has 0 aliphatic rings. The first-order chi connectivity index (χ1) is 12.9. The fourth-order valence-electron chi connectivity index (χ4n) is 2.08. The summed E-state index contributed by atoms with van der Waals surface area (Å²) in [6, 6.07) is 3.38. The molecule has 0 saturated carbocycles. The van der Waals surface area contributed by atoms with Gasteiger partial charge in [0, 0.05) is 17.7 Å². The number of amides is 1. The number of nitrogens with zero attached hydrogens (tertiary/aromatic N) is 7. The van der Waals surface area contributed by atoms with E-state index in [4.69, 9.17) is 5.73 Å². The average Bonchev–Trinajstić information content (AvgIpc) is 3.21. The first kappa shape index (κ1) is 17.5. The van der Waals surface area contributed by atoms with Crippen molar-refractivity contribution in [3.05, 3.63) is 45.3 Å². The Morgan fingerprint density at radius 3 is 2.93 bits per heavy atom. The second-order valence-corrected chi connectivity index (χ2v) is 5.11. The van der Waals surface area contributed by atoms with Gasteiger partial charge in [0.25, 0.3) is 11.6 Å². The number of aromatic nitrogens is 5. The van der Waals surface area contributed by atoms with Crippen LogP contribution >= 0.6 is 0 Å². The maximum atomic E-state index is 12.4. The number of rotatable bonds is 5. The number of hydrazone groups is 1. The van der Waals surface area contributed by atoms with Crippen molar-refractivity contribution in [2.75, 3.05) is 5.73 Å². The third-order valence-electron chi connectivity index (χ3n) is 3.34. The Balaban J connectivity index is 1.83. The highest BCUT2D eigenvalue weighted by Gasteiger charge is 2.22. The summed E-state index contributed by atoms with van der Waals surface area (Å²) in [4.78, 5) is 22.5. The molecule has 14 nitrogen and oxygen atoms in total. The maximum Gasteiger partial charge on any atom is 0.292 e. The molecule has 0 unspecified atom stereocenters. The molecule has 2 aromatic heterocycles. The Morgan fingerprint density at radius 1 is 1.48 bits per heavy atom. The lowest BCUT2D eigenvalue weighted by atomic mass is 10.2. The summed E-state index contributed by atoms with van der Waals surface area (Å²) in [7, 11) is 0. The number of nitrogens with one attached hydrogen (secondary N) is 1. The van der Waals surface area contributed by atoms with Crippen LogP contribution in [0, 0.1) is 17.0 Å². The quantitative estimate of drug-likeness (QED) is 0.308. The minimum Gasteiger partial charge on any atom is -0.507 e. The van der Waals surface area contributed by atoms with E-state index in [0.29, 0.717) is 0 Å². The van der Waals surface area contributed by atoms with Crippen LogP contribution in [0.15, 0.2) is 27.9 Å². The van der Waals surface area contributed by atoms with Gasteiger partial charge < -0.3 is 10.8 Å². The summed E-state index contributed by atoms with van der Waals surface area (Å²) in [5.74, 6) is -1.09. The Bertz CT molecular complexity index is 1050. The molecule has 27 heavy (non-hydrogen) atoms. The number of carbonyl (C=O) groups excluding carboxylic acids is 1. The standard InChI is InChI=1S/C13H11N9O5/c1-6-10(21(20-16-6)12-11(14)18-27-19-12)13(24)17-15-5-7-4-8(22(25)26)2-3-9(7)23/h2-5,23H,1H3,(H2,14,18)(H,17,24)/b15-5-. The highest BCUT2D eigenvalue weighted by molar-refractivity contribution is 5.95. The smallest absolute Gasteiger partial charge is 0.292 e. The predicted octanol–water partition coefficient (Wildman–Crippen LogP) is -0.0814. The molecule has 0 atom stereocenters. The number of phenols is 1. The summed E-state index contributed by atoms with van der Waals surface area (Å²) in [6.45, 7) is 1.53. The van der Waals surface area contributed by atoms with Gasteiger partial charge in [-0.05, 0) is 23.3 Å². The summed E-state index contributed by atoms with van der Waals surface area (Å²) in [6.07, 6.45) is 1.05. The van der Waals surface area contributed by atoms with Gasteiger partial charge in [-0.2, -0.15) is 9.78 Å². The van der Waals surface area contributed by atoms with Crippen LogP contribution < -0.4 is 11.2 Å². The minimum absolute atomic E-state index is 0.0268. The van der Waals surface area contributed by atoms with Crippen molar-refractivity contribution < 1.29 is 19.5 Å². The van der Waals surface area contributed by atoms with E-state index in [2.05, 4.69) is 35.8 Å². The van der Waals surface area contributed by atoms with Gasteiger partial charge in [0.15, 0.2) is 5.69 Å². The van der Waals surface area contributed by atoms with Crippen LogP contribution in [0.5, 0.6) is 5.75 Å². The van der Waals surface area contributed by atoms with Crippen molar-refractivity contribution in [1.82, 2.24) is 30.7 Å². The third-order valence-corrected chi connectivity index (χ3v) is 3.34. The third kappa shape index (κ3) is 3.39. The second kappa shape index (κ2) is 6.87. The summed E-state index contributed by atoms with van der Waals surface area (Å²) >= 11 is 0. The van der Waals surface area contributed by atoms with Crippen LogP contribution in [0.25, 0.3) is 5.82 Å². The molecule has 4 N–H and O–H groups in total. The number of nitrogen functional groups attached to an aromatic ring is 1. The number of anilines is 1. The van der Waals surface area contributed by atoms with Gasteiger partial charge in [-0.15, -0.1) is 5.10 Å². The maximum absolute atomic E-state index is 12.4. The van der Waals surface area contributed by atoms with Gasteiger partial charge in [-0.1, -0.05) is 5.21 Å². The zero-order chi connectivity index (χ0) is 19.6. The number of nitro benzene ring substituents is 1. The highest BCUT2D eigenvalue weighted by atomic mass is 16.6. The van der Waals surface area contributed by atoms with E-state index in [1.54, 1.807) is 0 Å². The molecule has 0 fully saturated rings. The average molecular weight is 373 g/mol. The fraction of sp³-hybridized carbons (Fsp3) is 0.0769. The Hall–Kier alpha value is -4.36. The van der Waals surface area contributed by atoms with Gasteiger partial charge in [-0.25, -0.2) is 10.1 Å². The molecule has 3 rings (SSSR count). The summed E-state index contributed by atoms with van der Waals surface area (Å²) < 4.78 is 5.49. The molecular formula is C13H11N9O5. The van der Waals surface area contributed by atoms with Crippen molar-refractivity contribution in [2.24, 2.45) is 5.10 Å². The summed E-state index contributed by atoms with van der Waals surface area (Å²) in [5, 5.41) is 38.6. The SMILES string of the molecule is Cc1nnn(-c2nonc2N)c1C(=O)N/N=C\c1cc([N+](=O)[O-])ccc1O.